The summed E-state index contributed by atoms with van der Waals surface area (Å²) in [7, 11) is 0. The first-order valence-corrected chi connectivity index (χ1v) is 12.7. The summed E-state index contributed by atoms with van der Waals surface area (Å²) in [6.45, 7) is 4.87. The van der Waals surface area contributed by atoms with Gasteiger partial charge in [0.25, 0.3) is 5.70 Å². The van der Waals surface area contributed by atoms with Crippen LogP contribution in [-0.4, -0.2) is 22.4 Å². The minimum Gasteiger partial charge on any atom is -0.463 e. The molecule has 1 aromatic rings. The van der Waals surface area contributed by atoms with Crippen LogP contribution in [0.3, 0.4) is 0 Å². The summed E-state index contributed by atoms with van der Waals surface area (Å²) < 4.78 is 5.03. The third kappa shape index (κ3) is 9.94. The second kappa shape index (κ2) is 15.9. The van der Waals surface area contributed by atoms with E-state index in [1.54, 1.807) is 19.2 Å². The molecule has 0 saturated carbocycles. The molecule has 0 fully saturated rings. The molecule has 0 N–H and O–H groups in total. The molecule has 0 unspecified atom stereocenters. The molecular weight excluding hydrogens is 428 g/mol. The number of nitrogens with zero attached hydrogens (tertiary/aromatic N) is 2. The van der Waals surface area contributed by atoms with E-state index >= 15 is 0 Å². The number of carbonyl (C=O) groups is 1. The summed E-state index contributed by atoms with van der Waals surface area (Å²) in [5.74, 6) is -0.908. The molecule has 0 amide bonds. The van der Waals surface area contributed by atoms with Gasteiger partial charge in [-0.2, -0.15) is 0 Å². The second-order valence-corrected chi connectivity index (χ2v) is 8.87. The SMILES string of the molecule is CCCCCCCCCC[C@@H](/C=C/C(=O)OCC)[C@H]1C=CN(Cc2ccccc2)C=C1[N+](=O)[O-]. The van der Waals surface area contributed by atoms with Crippen molar-refractivity contribution in [2.45, 2.75) is 78.2 Å². The molecule has 34 heavy (non-hydrogen) atoms. The van der Waals surface area contributed by atoms with Crippen molar-refractivity contribution in [3.05, 3.63) is 82.3 Å². The number of ether oxygens (including phenoxy) is 1. The average Bonchev–Trinajstić information content (AvgIpc) is 2.83. The van der Waals surface area contributed by atoms with Crippen LogP contribution in [0, 0.1) is 22.0 Å². The van der Waals surface area contributed by atoms with E-state index in [1.807, 2.05) is 47.5 Å². The molecule has 6 heteroatoms. The van der Waals surface area contributed by atoms with Gasteiger partial charge >= 0.3 is 5.97 Å². The van der Waals surface area contributed by atoms with Crippen LogP contribution in [-0.2, 0) is 16.1 Å². The molecule has 0 saturated heterocycles. The van der Waals surface area contributed by atoms with Crippen LogP contribution in [0.4, 0.5) is 0 Å². The van der Waals surface area contributed by atoms with Crippen molar-refractivity contribution in [1.29, 1.82) is 0 Å². The Labute approximate surface area is 204 Å². The van der Waals surface area contributed by atoms with Crippen molar-refractivity contribution < 1.29 is 14.5 Å². The van der Waals surface area contributed by atoms with Crippen LogP contribution >= 0.6 is 0 Å². The number of esters is 1. The van der Waals surface area contributed by atoms with Gasteiger partial charge < -0.3 is 9.64 Å². The molecule has 2 atom stereocenters. The molecule has 1 heterocycles. The van der Waals surface area contributed by atoms with E-state index < -0.39 is 5.97 Å². The fourth-order valence-electron chi connectivity index (χ4n) is 4.33. The Kier molecular flexibility index (Phi) is 12.8. The van der Waals surface area contributed by atoms with Gasteiger partial charge in [-0.3, -0.25) is 10.1 Å². The van der Waals surface area contributed by atoms with Gasteiger partial charge in [-0.15, -0.1) is 0 Å². The first-order chi connectivity index (χ1) is 16.5. The number of carbonyl (C=O) groups excluding carboxylic acids is 1. The van der Waals surface area contributed by atoms with Gasteiger partial charge in [0.15, 0.2) is 0 Å². The highest BCUT2D eigenvalue weighted by Gasteiger charge is 2.32. The Bertz CT molecular complexity index is 832. The lowest BCUT2D eigenvalue weighted by atomic mass is 9.84. The third-order valence-corrected chi connectivity index (χ3v) is 6.16. The zero-order valence-corrected chi connectivity index (χ0v) is 20.7. The van der Waals surface area contributed by atoms with E-state index in [2.05, 4.69) is 6.92 Å². The first kappa shape index (κ1) is 27.4. The molecule has 186 valence electrons. The van der Waals surface area contributed by atoms with Crippen LogP contribution in [0.1, 0.15) is 77.2 Å². The summed E-state index contributed by atoms with van der Waals surface area (Å²) in [5, 5.41) is 12.0. The van der Waals surface area contributed by atoms with Gasteiger partial charge in [-0.25, -0.2) is 4.79 Å². The largest absolute Gasteiger partial charge is 0.463 e. The van der Waals surface area contributed by atoms with Gasteiger partial charge in [-0.1, -0.05) is 101 Å². The molecule has 2 rings (SSSR count). The zero-order valence-electron chi connectivity index (χ0n) is 20.7. The lowest BCUT2D eigenvalue weighted by molar-refractivity contribution is -0.434. The summed E-state index contributed by atoms with van der Waals surface area (Å²) in [4.78, 5) is 25.5. The Morgan fingerprint density at radius 3 is 2.41 bits per heavy atom. The van der Waals surface area contributed by atoms with E-state index in [4.69, 9.17) is 4.74 Å². The van der Waals surface area contributed by atoms with Crippen LogP contribution in [0.15, 0.2) is 66.7 Å². The normalized spacial score (nSPS) is 16.5. The number of nitro groups is 1. The molecule has 0 bridgehead atoms. The minimum atomic E-state index is -0.402. The standard InChI is InChI=1S/C28H40N2O4/c1-3-5-6-7-8-9-10-14-17-25(18-19-28(31)34-4-2)26-20-21-29(23-27(26)30(32)33)22-24-15-12-11-13-16-24/h11-13,15-16,18-21,23,25-26H,3-10,14,17,22H2,1-2H3/b19-18+/t25-,26+/m0/s1. The maximum absolute atomic E-state index is 12.0. The molecule has 0 aromatic heterocycles. The molecule has 1 aromatic carbocycles. The molecule has 0 spiro atoms. The quantitative estimate of drug-likeness (QED) is 0.0857. The van der Waals surface area contributed by atoms with Gasteiger partial charge in [0, 0.05) is 18.8 Å². The van der Waals surface area contributed by atoms with Gasteiger partial charge in [0.1, 0.15) is 0 Å². The minimum absolute atomic E-state index is 0.128. The maximum Gasteiger partial charge on any atom is 0.330 e. The van der Waals surface area contributed by atoms with Crippen LogP contribution in [0.25, 0.3) is 0 Å². The molecule has 6 nitrogen and oxygen atoms in total. The number of hydrogen-bond acceptors (Lipinski definition) is 5. The zero-order chi connectivity index (χ0) is 24.6. The summed E-state index contributed by atoms with van der Waals surface area (Å²) >= 11 is 0. The van der Waals surface area contributed by atoms with E-state index in [1.165, 1.54) is 44.6 Å². The van der Waals surface area contributed by atoms with Crippen molar-refractivity contribution in [1.82, 2.24) is 4.90 Å². The topological polar surface area (TPSA) is 72.7 Å². The molecule has 1 aliphatic heterocycles. The Morgan fingerprint density at radius 1 is 1.09 bits per heavy atom. The predicted octanol–water partition coefficient (Wildman–Crippen LogP) is 7.02. The fraction of sp³-hybridized carbons (Fsp3) is 0.536. The van der Waals surface area contributed by atoms with Gasteiger partial charge in [0.05, 0.1) is 23.6 Å². The first-order valence-electron chi connectivity index (χ1n) is 12.7. The Balaban J connectivity index is 2.04. The lowest BCUT2D eigenvalue weighted by Gasteiger charge is -2.26. The number of unbranched alkanes of at least 4 members (excludes halogenated alkanes) is 7. The van der Waals surface area contributed by atoms with E-state index in [-0.39, 0.29) is 22.5 Å². The third-order valence-electron chi connectivity index (χ3n) is 6.16. The Hall–Kier alpha value is -2.89. The maximum atomic E-state index is 12.0. The highest BCUT2D eigenvalue weighted by atomic mass is 16.6. The van der Waals surface area contributed by atoms with Crippen molar-refractivity contribution in [2.24, 2.45) is 11.8 Å². The smallest absolute Gasteiger partial charge is 0.330 e. The van der Waals surface area contributed by atoms with Gasteiger partial charge in [0.2, 0.25) is 0 Å². The monoisotopic (exact) mass is 468 g/mol. The summed E-state index contributed by atoms with van der Waals surface area (Å²) in [6.07, 6.45) is 19.1. The number of allylic oxidation sites excluding steroid dienone is 2. The van der Waals surface area contributed by atoms with E-state index in [0.29, 0.717) is 13.2 Å². The molecule has 0 radical (unpaired) electrons. The van der Waals surface area contributed by atoms with Crippen molar-refractivity contribution >= 4 is 5.97 Å². The highest BCUT2D eigenvalue weighted by Crippen LogP contribution is 2.32. The van der Waals surface area contributed by atoms with Crippen LogP contribution < -0.4 is 0 Å². The number of rotatable bonds is 16. The van der Waals surface area contributed by atoms with Gasteiger partial charge in [-0.05, 0) is 24.8 Å². The molecule has 0 aliphatic carbocycles. The molecule has 1 aliphatic rings. The van der Waals surface area contributed by atoms with Crippen LogP contribution in [0.5, 0.6) is 0 Å². The highest BCUT2D eigenvalue weighted by molar-refractivity contribution is 5.81. The second-order valence-electron chi connectivity index (χ2n) is 8.87. The van der Waals surface area contributed by atoms with E-state index in [0.717, 1.165) is 24.8 Å². The summed E-state index contributed by atoms with van der Waals surface area (Å²) in [6, 6.07) is 9.89. The van der Waals surface area contributed by atoms with Crippen molar-refractivity contribution in [3.63, 3.8) is 0 Å². The Morgan fingerprint density at radius 2 is 1.76 bits per heavy atom. The van der Waals surface area contributed by atoms with Crippen LogP contribution in [0.2, 0.25) is 0 Å². The van der Waals surface area contributed by atoms with E-state index in [9.17, 15) is 14.9 Å². The fourth-order valence-corrected chi connectivity index (χ4v) is 4.33. The number of benzene rings is 1. The number of hydrogen-bond donors (Lipinski definition) is 0. The summed E-state index contributed by atoms with van der Waals surface area (Å²) in [5.41, 5.74) is 1.25. The van der Waals surface area contributed by atoms with Crippen molar-refractivity contribution in [3.8, 4) is 0 Å². The lowest BCUT2D eigenvalue weighted by Crippen LogP contribution is -2.26. The molecular formula is C28H40N2O4. The predicted molar refractivity (Wildman–Crippen MR) is 136 cm³/mol. The van der Waals surface area contributed by atoms with Crippen molar-refractivity contribution in [2.75, 3.05) is 6.61 Å². The average molecular weight is 469 g/mol.